The molecule has 2 aromatic rings. The summed E-state index contributed by atoms with van der Waals surface area (Å²) in [6.45, 7) is 6.97. The second-order valence-electron chi connectivity index (χ2n) is 4.97. The number of hydrogen-bond acceptors (Lipinski definition) is 5. The van der Waals surface area contributed by atoms with Crippen molar-refractivity contribution in [2.75, 3.05) is 0 Å². The molecule has 0 aliphatic heterocycles. The number of amidine groups is 1. The Hall–Kier alpha value is -1.92. The van der Waals surface area contributed by atoms with Crippen molar-refractivity contribution < 1.29 is 5.21 Å². The van der Waals surface area contributed by atoms with Gasteiger partial charge in [-0.3, -0.25) is 0 Å². The summed E-state index contributed by atoms with van der Waals surface area (Å²) in [6.07, 6.45) is 0. The van der Waals surface area contributed by atoms with E-state index in [9.17, 15) is 0 Å². The minimum atomic E-state index is 0.124. The van der Waals surface area contributed by atoms with Gasteiger partial charge in [0, 0.05) is 23.0 Å². The van der Waals surface area contributed by atoms with Crippen LogP contribution >= 0.6 is 11.3 Å². The smallest absolute Gasteiger partial charge is 0.170 e. The largest absolute Gasteiger partial charge is 0.409 e. The van der Waals surface area contributed by atoms with Gasteiger partial charge in [-0.15, -0.1) is 11.3 Å². The first-order valence-electron chi connectivity index (χ1n) is 6.75. The lowest BCUT2D eigenvalue weighted by molar-refractivity contribution is 0.318. The van der Waals surface area contributed by atoms with Gasteiger partial charge in [0.25, 0.3) is 0 Å². The summed E-state index contributed by atoms with van der Waals surface area (Å²) < 4.78 is 0. The van der Waals surface area contributed by atoms with Crippen LogP contribution in [0.25, 0.3) is 0 Å². The molecule has 1 heterocycles. The first-order chi connectivity index (χ1) is 10.0. The Morgan fingerprint density at radius 2 is 2.05 bits per heavy atom. The molecule has 1 unspecified atom stereocenters. The molecule has 6 heteroatoms. The molecule has 0 amide bonds. The Morgan fingerprint density at radius 1 is 1.38 bits per heavy atom. The number of hydrogen-bond donors (Lipinski definition) is 3. The van der Waals surface area contributed by atoms with E-state index in [0.717, 1.165) is 22.8 Å². The fraction of sp³-hybridized carbons (Fsp3) is 0.333. The molecule has 1 aromatic carbocycles. The molecule has 0 radical (unpaired) electrons. The molecule has 2 rings (SSSR count). The highest BCUT2D eigenvalue weighted by molar-refractivity contribution is 7.11. The van der Waals surface area contributed by atoms with Crippen molar-refractivity contribution >= 4 is 17.2 Å². The van der Waals surface area contributed by atoms with Gasteiger partial charge in [-0.05, 0) is 26.3 Å². The molecule has 1 aromatic heterocycles. The number of rotatable bonds is 5. The number of aromatic nitrogens is 1. The minimum absolute atomic E-state index is 0.124. The second-order valence-corrected chi connectivity index (χ2v) is 6.20. The number of nitrogens with one attached hydrogen (secondary N) is 1. The summed E-state index contributed by atoms with van der Waals surface area (Å²) in [5, 5.41) is 16.2. The quantitative estimate of drug-likeness (QED) is 0.343. The van der Waals surface area contributed by atoms with E-state index in [2.05, 4.69) is 22.4 Å². The third-order valence-electron chi connectivity index (χ3n) is 3.30. The maximum absolute atomic E-state index is 8.63. The van der Waals surface area contributed by atoms with E-state index < -0.39 is 0 Å². The van der Waals surface area contributed by atoms with E-state index >= 15 is 0 Å². The molecule has 0 saturated heterocycles. The fourth-order valence-electron chi connectivity index (χ4n) is 2.16. The van der Waals surface area contributed by atoms with Gasteiger partial charge in [0.1, 0.15) is 0 Å². The number of aryl methyl sites for hydroxylation is 2. The molecule has 1 atom stereocenters. The van der Waals surface area contributed by atoms with E-state index in [0.29, 0.717) is 5.56 Å². The van der Waals surface area contributed by atoms with Gasteiger partial charge in [0.2, 0.25) is 0 Å². The normalized spacial score (nSPS) is 13.4. The van der Waals surface area contributed by atoms with Crippen LogP contribution in [0, 0.1) is 13.8 Å². The molecule has 0 bridgehead atoms. The van der Waals surface area contributed by atoms with Crippen molar-refractivity contribution in [3.8, 4) is 0 Å². The Kier molecular flexibility index (Phi) is 4.93. The third-order valence-corrected chi connectivity index (χ3v) is 4.56. The molecule has 0 saturated carbocycles. The van der Waals surface area contributed by atoms with E-state index in [1.807, 2.05) is 38.1 Å². The summed E-state index contributed by atoms with van der Waals surface area (Å²) in [7, 11) is 0. The van der Waals surface area contributed by atoms with Crippen LogP contribution < -0.4 is 11.1 Å². The van der Waals surface area contributed by atoms with Crippen molar-refractivity contribution in [1.82, 2.24) is 10.3 Å². The summed E-state index contributed by atoms with van der Waals surface area (Å²) in [5.41, 5.74) is 8.50. The zero-order valence-corrected chi connectivity index (χ0v) is 13.2. The number of benzene rings is 1. The van der Waals surface area contributed by atoms with Gasteiger partial charge in [-0.25, -0.2) is 4.98 Å². The van der Waals surface area contributed by atoms with Crippen LogP contribution in [0.4, 0.5) is 0 Å². The maximum Gasteiger partial charge on any atom is 0.170 e. The molecular formula is C15H20N4OS. The SMILES string of the molecule is Cc1nc(C)c(C(C)NCc2ccc(C(N)=NO)cc2)s1. The molecule has 112 valence electrons. The van der Waals surface area contributed by atoms with Crippen LogP contribution in [0.5, 0.6) is 0 Å². The molecule has 4 N–H and O–H groups in total. The number of oxime groups is 1. The van der Waals surface area contributed by atoms with Gasteiger partial charge < -0.3 is 16.3 Å². The van der Waals surface area contributed by atoms with E-state index in [4.69, 9.17) is 10.9 Å². The van der Waals surface area contributed by atoms with Gasteiger partial charge in [0.15, 0.2) is 5.84 Å². The first-order valence-corrected chi connectivity index (χ1v) is 7.57. The van der Waals surface area contributed by atoms with Gasteiger partial charge in [-0.2, -0.15) is 0 Å². The zero-order chi connectivity index (χ0) is 15.4. The van der Waals surface area contributed by atoms with Crippen molar-refractivity contribution in [1.29, 1.82) is 0 Å². The number of thiazole rings is 1. The molecule has 0 spiro atoms. The maximum atomic E-state index is 8.63. The van der Waals surface area contributed by atoms with Gasteiger partial charge in [0.05, 0.1) is 10.7 Å². The molecular weight excluding hydrogens is 284 g/mol. The Balaban J connectivity index is 1.98. The van der Waals surface area contributed by atoms with Crippen LogP contribution in [-0.4, -0.2) is 16.0 Å². The van der Waals surface area contributed by atoms with Gasteiger partial charge >= 0.3 is 0 Å². The van der Waals surface area contributed by atoms with Gasteiger partial charge in [-0.1, -0.05) is 29.4 Å². The highest BCUT2D eigenvalue weighted by atomic mass is 32.1. The topological polar surface area (TPSA) is 83.5 Å². The van der Waals surface area contributed by atoms with Crippen molar-refractivity contribution in [2.24, 2.45) is 10.9 Å². The number of nitrogens with zero attached hydrogens (tertiary/aromatic N) is 2. The first kappa shape index (κ1) is 15.5. The lowest BCUT2D eigenvalue weighted by Gasteiger charge is -2.13. The summed E-state index contributed by atoms with van der Waals surface area (Å²) in [4.78, 5) is 5.73. The molecule has 0 aliphatic rings. The monoisotopic (exact) mass is 304 g/mol. The zero-order valence-electron chi connectivity index (χ0n) is 12.4. The molecule has 0 aliphatic carbocycles. The molecule has 5 nitrogen and oxygen atoms in total. The second kappa shape index (κ2) is 6.69. The van der Waals surface area contributed by atoms with Crippen LogP contribution in [0.3, 0.4) is 0 Å². The summed E-state index contributed by atoms with van der Waals surface area (Å²) in [5.74, 6) is 0.124. The van der Waals surface area contributed by atoms with Crippen LogP contribution in [0.1, 0.15) is 39.7 Å². The highest BCUT2D eigenvalue weighted by Gasteiger charge is 2.12. The van der Waals surface area contributed by atoms with Crippen molar-refractivity contribution in [3.63, 3.8) is 0 Å². The van der Waals surface area contributed by atoms with Crippen LogP contribution in [0.15, 0.2) is 29.4 Å². The number of nitrogens with two attached hydrogens (primary N) is 1. The minimum Gasteiger partial charge on any atom is -0.409 e. The van der Waals surface area contributed by atoms with Crippen LogP contribution in [-0.2, 0) is 6.54 Å². The average Bonchev–Trinajstić information content (AvgIpc) is 2.83. The Morgan fingerprint density at radius 3 is 2.57 bits per heavy atom. The standard InChI is InChI=1S/C15H20N4OS/c1-9(14-10(2)18-11(3)21-14)17-8-12-4-6-13(7-5-12)15(16)19-20/h4-7,9,17,20H,8H2,1-3H3,(H2,16,19). The van der Waals surface area contributed by atoms with E-state index in [1.165, 1.54) is 4.88 Å². The van der Waals surface area contributed by atoms with Crippen LogP contribution in [0.2, 0.25) is 0 Å². The van der Waals surface area contributed by atoms with E-state index in [1.54, 1.807) is 11.3 Å². The van der Waals surface area contributed by atoms with E-state index in [-0.39, 0.29) is 11.9 Å². The predicted octanol–water partition coefficient (Wildman–Crippen LogP) is 2.71. The lowest BCUT2D eigenvalue weighted by atomic mass is 10.1. The summed E-state index contributed by atoms with van der Waals surface area (Å²) in [6, 6.07) is 7.90. The summed E-state index contributed by atoms with van der Waals surface area (Å²) >= 11 is 1.73. The molecule has 0 fully saturated rings. The Labute approximate surface area is 128 Å². The Bertz CT molecular complexity index is 634. The average molecular weight is 304 g/mol. The molecule has 21 heavy (non-hydrogen) atoms. The van der Waals surface area contributed by atoms with Crippen molar-refractivity contribution in [3.05, 3.63) is 51.0 Å². The fourth-order valence-corrected chi connectivity index (χ4v) is 3.12. The van der Waals surface area contributed by atoms with Crippen molar-refractivity contribution in [2.45, 2.75) is 33.4 Å². The predicted molar refractivity (Wildman–Crippen MR) is 85.8 cm³/mol. The highest BCUT2D eigenvalue weighted by Crippen LogP contribution is 2.24. The third kappa shape index (κ3) is 3.80. The lowest BCUT2D eigenvalue weighted by Crippen LogP contribution is -2.18.